The fourth-order valence-corrected chi connectivity index (χ4v) is 4.93. The van der Waals surface area contributed by atoms with Crippen LogP contribution in [-0.2, 0) is 5.88 Å². The summed E-state index contributed by atoms with van der Waals surface area (Å²) in [5.41, 5.74) is 4.28. The van der Waals surface area contributed by atoms with Crippen molar-refractivity contribution in [2.45, 2.75) is 24.8 Å². The van der Waals surface area contributed by atoms with E-state index < -0.39 is 6.09 Å². The second-order valence-corrected chi connectivity index (χ2v) is 9.43. The Bertz CT molecular complexity index is 1160. The first-order valence-corrected chi connectivity index (χ1v) is 12.8. The Kier molecular flexibility index (Phi) is 8.62. The predicted molar refractivity (Wildman–Crippen MR) is 145 cm³/mol. The van der Waals surface area contributed by atoms with Crippen molar-refractivity contribution in [3.8, 4) is 11.1 Å². The zero-order valence-corrected chi connectivity index (χ0v) is 21.3. The van der Waals surface area contributed by atoms with E-state index in [0.29, 0.717) is 18.0 Å². The van der Waals surface area contributed by atoms with Crippen LogP contribution < -0.4 is 4.90 Å². The van der Waals surface area contributed by atoms with Gasteiger partial charge in [0.05, 0.1) is 5.69 Å². The van der Waals surface area contributed by atoms with E-state index in [1.54, 1.807) is 9.80 Å². The number of carboxylic acid groups (broad SMARTS) is 1. The van der Waals surface area contributed by atoms with E-state index in [1.165, 1.54) is 0 Å². The minimum Gasteiger partial charge on any atom is -0.465 e. The third kappa shape index (κ3) is 6.07. The number of nitrogens with zero attached hydrogens (tertiary/aromatic N) is 3. The molecule has 7 heteroatoms. The number of likely N-dealkylation sites (tertiary alicyclic amines) is 1. The number of benzene rings is 3. The van der Waals surface area contributed by atoms with E-state index in [-0.39, 0.29) is 11.9 Å². The molecule has 2 amide bonds. The second-order valence-electron chi connectivity index (χ2n) is 9.17. The largest absolute Gasteiger partial charge is 0.465 e. The summed E-state index contributed by atoms with van der Waals surface area (Å²) in [4.78, 5) is 30.7. The van der Waals surface area contributed by atoms with Crippen molar-refractivity contribution in [3.05, 3.63) is 90.0 Å². The van der Waals surface area contributed by atoms with E-state index in [1.807, 2.05) is 85.9 Å². The van der Waals surface area contributed by atoms with Crippen LogP contribution in [0.2, 0.25) is 0 Å². The molecule has 1 N–H and O–H groups in total. The average Bonchev–Trinajstić information content (AvgIpc) is 2.93. The van der Waals surface area contributed by atoms with Crippen molar-refractivity contribution in [2.75, 3.05) is 38.1 Å². The van der Waals surface area contributed by atoms with Gasteiger partial charge < -0.3 is 14.9 Å². The Balaban J connectivity index is 1.36. The molecule has 0 aromatic heterocycles. The van der Waals surface area contributed by atoms with Crippen LogP contribution in [0.1, 0.15) is 28.8 Å². The van der Waals surface area contributed by atoms with Crippen molar-refractivity contribution in [2.24, 2.45) is 0 Å². The number of carbonyl (C=O) groups excluding carboxylic acids is 1. The van der Waals surface area contributed by atoms with Crippen LogP contribution in [0.25, 0.3) is 11.1 Å². The van der Waals surface area contributed by atoms with Gasteiger partial charge in [-0.05, 0) is 42.2 Å². The third-order valence-electron chi connectivity index (χ3n) is 6.83. The van der Waals surface area contributed by atoms with Gasteiger partial charge in [-0.25, -0.2) is 4.79 Å². The van der Waals surface area contributed by atoms with Crippen LogP contribution in [0.5, 0.6) is 0 Å². The van der Waals surface area contributed by atoms with Crippen LogP contribution in [0, 0.1) is 0 Å². The molecule has 0 radical (unpaired) electrons. The highest BCUT2D eigenvalue weighted by Gasteiger charge is 2.30. The summed E-state index contributed by atoms with van der Waals surface area (Å²) in [5.74, 6) is 0.415. The molecule has 0 aliphatic carbocycles. The van der Waals surface area contributed by atoms with Crippen LogP contribution in [0.3, 0.4) is 0 Å². The van der Waals surface area contributed by atoms with Crippen molar-refractivity contribution < 1.29 is 14.7 Å². The van der Waals surface area contributed by atoms with Crippen LogP contribution in [0.4, 0.5) is 10.5 Å². The molecule has 1 aliphatic heterocycles. The van der Waals surface area contributed by atoms with Gasteiger partial charge >= 0.3 is 6.09 Å². The molecule has 0 unspecified atom stereocenters. The van der Waals surface area contributed by atoms with Gasteiger partial charge in [-0.15, -0.1) is 11.6 Å². The molecule has 6 nitrogen and oxygen atoms in total. The lowest BCUT2D eigenvalue weighted by Crippen LogP contribution is -2.48. The first kappa shape index (κ1) is 25.7. The van der Waals surface area contributed by atoms with Crippen molar-refractivity contribution >= 4 is 29.3 Å². The third-order valence-corrected chi connectivity index (χ3v) is 7.14. The minimum atomic E-state index is -0.928. The molecule has 0 spiro atoms. The number of rotatable bonds is 8. The molecule has 36 heavy (non-hydrogen) atoms. The zero-order valence-electron chi connectivity index (χ0n) is 20.5. The molecule has 0 saturated carbocycles. The molecule has 0 atom stereocenters. The number of piperidine rings is 1. The molecule has 1 heterocycles. The smallest absolute Gasteiger partial charge is 0.412 e. The molecule has 1 saturated heterocycles. The second kappa shape index (κ2) is 12.1. The van der Waals surface area contributed by atoms with Gasteiger partial charge in [0.15, 0.2) is 0 Å². The fourth-order valence-electron chi connectivity index (χ4n) is 4.75. The quantitative estimate of drug-likeness (QED) is 0.392. The number of likely N-dealkylation sites (N-methyl/N-ethyl adjacent to an activating group) is 1. The Morgan fingerprint density at radius 2 is 1.58 bits per heavy atom. The van der Waals surface area contributed by atoms with E-state index in [2.05, 4.69) is 4.90 Å². The number of halogens is 1. The normalized spacial score (nSPS) is 14.4. The van der Waals surface area contributed by atoms with Gasteiger partial charge in [0.25, 0.3) is 5.91 Å². The highest BCUT2D eigenvalue weighted by atomic mass is 35.5. The van der Waals surface area contributed by atoms with E-state index in [9.17, 15) is 14.7 Å². The van der Waals surface area contributed by atoms with Gasteiger partial charge in [-0.2, -0.15) is 0 Å². The predicted octanol–water partition coefficient (Wildman–Crippen LogP) is 5.81. The summed E-state index contributed by atoms with van der Waals surface area (Å²) in [7, 11) is 1.82. The van der Waals surface area contributed by atoms with Crippen molar-refractivity contribution in [1.82, 2.24) is 9.80 Å². The minimum absolute atomic E-state index is 0.0134. The van der Waals surface area contributed by atoms with Crippen molar-refractivity contribution in [3.63, 3.8) is 0 Å². The number of hydrogen-bond acceptors (Lipinski definition) is 3. The first-order chi connectivity index (χ1) is 17.5. The number of hydrogen-bond donors (Lipinski definition) is 1. The number of anilines is 1. The van der Waals surface area contributed by atoms with Crippen molar-refractivity contribution in [1.29, 1.82) is 0 Å². The summed E-state index contributed by atoms with van der Waals surface area (Å²) >= 11 is 5.84. The molecular formula is C29H32ClN3O3. The number of amides is 2. The number of carbonyl (C=O) groups is 2. The lowest BCUT2D eigenvalue weighted by Gasteiger charge is -2.38. The fraction of sp³-hybridized carbons (Fsp3) is 0.310. The summed E-state index contributed by atoms with van der Waals surface area (Å²) in [5, 5.41) is 10.2. The van der Waals surface area contributed by atoms with Gasteiger partial charge in [0, 0.05) is 56.3 Å². The topological polar surface area (TPSA) is 64.1 Å². The average molecular weight is 506 g/mol. The lowest BCUT2D eigenvalue weighted by atomic mass is 9.98. The monoisotopic (exact) mass is 505 g/mol. The summed E-state index contributed by atoms with van der Waals surface area (Å²) < 4.78 is 0. The van der Waals surface area contributed by atoms with Gasteiger partial charge in [-0.1, -0.05) is 60.7 Å². The molecule has 4 rings (SSSR count). The van der Waals surface area contributed by atoms with Crippen LogP contribution >= 0.6 is 11.6 Å². The van der Waals surface area contributed by atoms with Gasteiger partial charge in [0.1, 0.15) is 0 Å². The van der Waals surface area contributed by atoms with Gasteiger partial charge in [0.2, 0.25) is 0 Å². The van der Waals surface area contributed by atoms with E-state index in [0.717, 1.165) is 54.9 Å². The Morgan fingerprint density at radius 1 is 0.944 bits per heavy atom. The van der Waals surface area contributed by atoms with Gasteiger partial charge in [-0.3, -0.25) is 9.69 Å². The standard InChI is InChI=1S/C29H32ClN3O3/c1-31(28(34)24-13-11-22(21-30)12-14-24)19-20-32-17-15-25(16-18-32)33(29(35)36)27-10-6-5-9-26(27)23-7-3-2-4-8-23/h2-14,25H,15-21H2,1H3,(H,35,36). The molecule has 1 fully saturated rings. The summed E-state index contributed by atoms with van der Waals surface area (Å²) in [6, 6.07) is 24.9. The first-order valence-electron chi connectivity index (χ1n) is 12.3. The Labute approximate surface area is 217 Å². The maximum Gasteiger partial charge on any atom is 0.412 e. The number of para-hydroxylation sites is 1. The highest BCUT2D eigenvalue weighted by Crippen LogP contribution is 2.34. The summed E-state index contributed by atoms with van der Waals surface area (Å²) in [6.45, 7) is 2.94. The van der Waals surface area contributed by atoms with Crippen LogP contribution in [-0.4, -0.2) is 66.2 Å². The number of alkyl halides is 1. The Morgan fingerprint density at radius 3 is 2.22 bits per heavy atom. The maximum absolute atomic E-state index is 12.7. The summed E-state index contributed by atoms with van der Waals surface area (Å²) in [6.07, 6.45) is 0.558. The van der Waals surface area contributed by atoms with Crippen LogP contribution in [0.15, 0.2) is 78.9 Å². The SMILES string of the molecule is CN(CCN1CCC(N(C(=O)O)c2ccccc2-c2ccccc2)CC1)C(=O)c1ccc(CCl)cc1. The highest BCUT2D eigenvalue weighted by molar-refractivity contribution is 6.17. The molecular weight excluding hydrogens is 474 g/mol. The maximum atomic E-state index is 12.7. The molecule has 3 aromatic carbocycles. The molecule has 0 bridgehead atoms. The van der Waals surface area contributed by atoms with E-state index in [4.69, 9.17) is 11.6 Å². The molecule has 1 aliphatic rings. The lowest BCUT2D eigenvalue weighted by molar-refractivity contribution is 0.0770. The molecule has 3 aromatic rings. The zero-order chi connectivity index (χ0) is 25.5. The Hall–Kier alpha value is -3.35. The molecule has 188 valence electrons. The van der Waals surface area contributed by atoms with E-state index >= 15 is 0 Å².